The third-order valence-electron chi connectivity index (χ3n) is 3.72. The average Bonchev–Trinajstić information content (AvgIpc) is 3.12. The van der Waals surface area contributed by atoms with Crippen molar-refractivity contribution in [1.82, 2.24) is 15.1 Å². The third-order valence-corrected chi connectivity index (χ3v) is 3.72. The van der Waals surface area contributed by atoms with E-state index >= 15 is 0 Å². The first kappa shape index (κ1) is 15.3. The molecule has 0 aliphatic carbocycles. The summed E-state index contributed by atoms with van der Waals surface area (Å²) in [6.45, 7) is 0. The van der Waals surface area contributed by atoms with Gasteiger partial charge < -0.3 is 4.52 Å². The molecule has 0 aliphatic heterocycles. The highest BCUT2D eigenvalue weighted by atomic mass is 19.4. The molecule has 0 amide bonds. The Morgan fingerprint density at radius 2 is 1.60 bits per heavy atom. The van der Waals surface area contributed by atoms with Crippen molar-refractivity contribution in [3.63, 3.8) is 0 Å². The van der Waals surface area contributed by atoms with E-state index in [2.05, 4.69) is 19.6 Å². The largest absolute Gasteiger partial charge is 0.471 e. The number of alkyl halides is 3. The highest BCUT2D eigenvalue weighted by Crippen LogP contribution is 2.30. The van der Waals surface area contributed by atoms with Crippen LogP contribution in [0.3, 0.4) is 0 Å². The molecule has 0 saturated carbocycles. The summed E-state index contributed by atoms with van der Waals surface area (Å²) < 4.78 is 42.1. The number of benzene rings is 2. The van der Waals surface area contributed by atoms with Crippen molar-refractivity contribution in [1.29, 1.82) is 0 Å². The van der Waals surface area contributed by atoms with Gasteiger partial charge in [0, 0.05) is 17.1 Å². The van der Waals surface area contributed by atoms with Gasteiger partial charge in [0.2, 0.25) is 5.82 Å². The Morgan fingerprint density at radius 1 is 0.840 bits per heavy atom. The maximum Gasteiger partial charge on any atom is 0.471 e. The molecule has 0 saturated heterocycles. The molecular weight excluding hydrogens is 331 g/mol. The molecule has 0 unspecified atom stereocenters. The molecule has 4 rings (SSSR count). The van der Waals surface area contributed by atoms with E-state index < -0.39 is 12.1 Å². The molecule has 0 spiro atoms. The van der Waals surface area contributed by atoms with Gasteiger partial charge in [0.25, 0.3) is 0 Å². The van der Waals surface area contributed by atoms with Gasteiger partial charge in [0.05, 0.1) is 5.52 Å². The van der Waals surface area contributed by atoms with E-state index in [1.807, 2.05) is 48.5 Å². The first-order chi connectivity index (χ1) is 12.0. The zero-order valence-electron chi connectivity index (χ0n) is 12.7. The minimum atomic E-state index is -4.67. The van der Waals surface area contributed by atoms with Crippen molar-refractivity contribution >= 4 is 10.9 Å². The Hall–Kier alpha value is -3.22. The van der Waals surface area contributed by atoms with Crippen LogP contribution in [0.5, 0.6) is 0 Å². The fraction of sp³-hybridized carbons (Fsp3) is 0.0556. The second-order valence-corrected chi connectivity index (χ2v) is 5.42. The molecule has 0 N–H and O–H groups in total. The van der Waals surface area contributed by atoms with E-state index in [-0.39, 0.29) is 5.82 Å². The number of fused-ring (bicyclic) bond motifs is 1. The van der Waals surface area contributed by atoms with Crippen LogP contribution in [0.1, 0.15) is 5.89 Å². The van der Waals surface area contributed by atoms with Crippen LogP contribution in [0.15, 0.2) is 65.3 Å². The molecule has 124 valence electrons. The summed E-state index contributed by atoms with van der Waals surface area (Å²) in [6, 6.07) is 17.2. The highest BCUT2D eigenvalue weighted by Gasteiger charge is 2.38. The molecule has 2 aromatic carbocycles. The van der Waals surface area contributed by atoms with Crippen LogP contribution in [-0.4, -0.2) is 15.1 Å². The lowest BCUT2D eigenvalue weighted by molar-refractivity contribution is -0.159. The number of hydrogen-bond acceptors (Lipinski definition) is 4. The fourth-order valence-corrected chi connectivity index (χ4v) is 2.52. The van der Waals surface area contributed by atoms with E-state index in [9.17, 15) is 13.2 Å². The van der Waals surface area contributed by atoms with Crippen LogP contribution in [-0.2, 0) is 6.18 Å². The zero-order valence-corrected chi connectivity index (χ0v) is 12.7. The molecule has 4 nitrogen and oxygen atoms in total. The number of pyridine rings is 1. The van der Waals surface area contributed by atoms with E-state index in [1.165, 1.54) is 6.20 Å². The number of nitrogens with zero attached hydrogens (tertiary/aromatic N) is 3. The summed E-state index contributed by atoms with van der Waals surface area (Å²) in [5.74, 6) is -1.52. The molecule has 0 bridgehead atoms. The average molecular weight is 341 g/mol. The number of aromatic nitrogens is 3. The Bertz CT molecular complexity index is 1040. The summed E-state index contributed by atoms with van der Waals surface area (Å²) in [4.78, 5) is 7.66. The summed E-state index contributed by atoms with van der Waals surface area (Å²) in [5, 5.41) is 4.17. The van der Waals surface area contributed by atoms with Gasteiger partial charge in [-0.2, -0.15) is 18.2 Å². The predicted octanol–water partition coefficient (Wildman–Crippen LogP) is 4.97. The van der Waals surface area contributed by atoms with E-state index in [0.717, 1.165) is 22.0 Å². The standard InChI is InChI=1S/C18H10F3N3O/c19-18(20,21)17-23-16(24-25-17)14-9-13-8-12(6-7-15(13)22-10-14)11-4-2-1-3-5-11/h1-10H. The molecule has 7 heteroatoms. The smallest absolute Gasteiger partial charge is 0.329 e. The van der Waals surface area contributed by atoms with E-state index in [4.69, 9.17) is 0 Å². The maximum absolute atomic E-state index is 12.6. The first-order valence-corrected chi connectivity index (χ1v) is 7.37. The van der Waals surface area contributed by atoms with Gasteiger partial charge in [-0.05, 0) is 29.3 Å². The zero-order chi connectivity index (χ0) is 17.4. The molecule has 0 aliphatic rings. The van der Waals surface area contributed by atoms with Crippen LogP contribution < -0.4 is 0 Å². The van der Waals surface area contributed by atoms with Gasteiger partial charge >= 0.3 is 12.1 Å². The SMILES string of the molecule is FC(F)(F)c1nc(-c2cnc3ccc(-c4ccccc4)cc3c2)no1. The second-order valence-electron chi connectivity index (χ2n) is 5.42. The van der Waals surface area contributed by atoms with Crippen LogP contribution in [0.25, 0.3) is 33.4 Å². The lowest BCUT2D eigenvalue weighted by Crippen LogP contribution is -2.04. The summed E-state index contributed by atoms with van der Waals surface area (Å²) in [5.41, 5.74) is 3.10. The Morgan fingerprint density at radius 3 is 2.32 bits per heavy atom. The maximum atomic E-state index is 12.6. The topological polar surface area (TPSA) is 51.8 Å². The van der Waals surface area contributed by atoms with Crippen LogP contribution in [0.4, 0.5) is 13.2 Å². The first-order valence-electron chi connectivity index (χ1n) is 7.37. The molecular formula is C18H10F3N3O. The van der Waals surface area contributed by atoms with Gasteiger partial charge in [-0.3, -0.25) is 4.98 Å². The van der Waals surface area contributed by atoms with Crippen molar-refractivity contribution in [2.45, 2.75) is 6.18 Å². The monoisotopic (exact) mass is 341 g/mol. The van der Waals surface area contributed by atoms with Gasteiger partial charge in [0.15, 0.2) is 0 Å². The molecule has 0 atom stereocenters. The second kappa shape index (κ2) is 5.70. The van der Waals surface area contributed by atoms with E-state index in [1.54, 1.807) is 6.07 Å². The minimum absolute atomic E-state index is 0.146. The van der Waals surface area contributed by atoms with Crippen molar-refractivity contribution in [2.24, 2.45) is 0 Å². The van der Waals surface area contributed by atoms with Crippen LogP contribution in [0, 0.1) is 0 Å². The van der Waals surface area contributed by atoms with Gasteiger partial charge in [0.1, 0.15) is 0 Å². The summed E-state index contributed by atoms with van der Waals surface area (Å²) in [6.07, 6.45) is -3.24. The van der Waals surface area contributed by atoms with Gasteiger partial charge in [-0.15, -0.1) is 0 Å². The Labute approximate surface area is 139 Å². The van der Waals surface area contributed by atoms with Gasteiger partial charge in [-0.25, -0.2) is 0 Å². The lowest BCUT2D eigenvalue weighted by Gasteiger charge is -2.04. The molecule has 4 aromatic rings. The number of rotatable bonds is 2. The van der Waals surface area contributed by atoms with Crippen LogP contribution >= 0.6 is 0 Å². The van der Waals surface area contributed by atoms with Crippen molar-refractivity contribution in [3.8, 4) is 22.5 Å². The highest BCUT2D eigenvalue weighted by molar-refractivity contribution is 5.87. The minimum Gasteiger partial charge on any atom is -0.329 e. The lowest BCUT2D eigenvalue weighted by atomic mass is 10.0. The number of halogens is 3. The molecule has 2 heterocycles. The third kappa shape index (κ3) is 2.96. The quantitative estimate of drug-likeness (QED) is 0.516. The van der Waals surface area contributed by atoms with E-state index in [0.29, 0.717) is 5.56 Å². The molecule has 0 radical (unpaired) electrons. The van der Waals surface area contributed by atoms with Crippen molar-refractivity contribution in [3.05, 3.63) is 66.7 Å². The van der Waals surface area contributed by atoms with Gasteiger partial charge in [-0.1, -0.05) is 41.6 Å². The Kier molecular flexibility index (Phi) is 3.49. The van der Waals surface area contributed by atoms with Crippen LogP contribution in [0.2, 0.25) is 0 Å². The van der Waals surface area contributed by atoms with Crippen molar-refractivity contribution < 1.29 is 17.7 Å². The molecule has 0 fully saturated rings. The predicted molar refractivity (Wildman–Crippen MR) is 85.5 cm³/mol. The Balaban J connectivity index is 1.78. The fourth-order valence-electron chi connectivity index (χ4n) is 2.52. The molecule has 25 heavy (non-hydrogen) atoms. The normalized spacial score (nSPS) is 11.8. The number of hydrogen-bond donors (Lipinski definition) is 0. The summed E-state index contributed by atoms with van der Waals surface area (Å²) in [7, 11) is 0. The molecule has 2 aromatic heterocycles. The van der Waals surface area contributed by atoms with Crippen molar-refractivity contribution in [2.75, 3.05) is 0 Å². The summed E-state index contributed by atoms with van der Waals surface area (Å²) >= 11 is 0.